The van der Waals surface area contributed by atoms with E-state index in [1.165, 1.54) is 0 Å². The molecule has 0 bridgehead atoms. The zero-order valence-electron chi connectivity index (χ0n) is 18.8. The van der Waals surface area contributed by atoms with Crippen molar-refractivity contribution in [3.05, 3.63) is 0 Å². The molecular weight excluding hydrogens is 464 g/mol. The lowest BCUT2D eigenvalue weighted by atomic mass is 9.94. The molecule has 196 valence electrons. The standard InChI is InChI=1S/C19H32N2O13/c1-6(17(28)29)31-16-12(21-8(3)25)19(33-9(4-22)13(16)26)34-15-10(5-23)32-18(30)11(14(15)27)20-7(2)24/h6,9-16,18-19,22-23,26-27,30H,4-5H2,1-3H3,(H,20,24)(H,21,25)(H,28,29)/p-1/t6-,9-,10-,11-,12-,13-,14-,15-,16-,18?,19+/m1/s1. The van der Waals surface area contributed by atoms with Crippen LogP contribution in [0, 0.1) is 0 Å². The summed E-state index contributed by atoms with van der Waals surface area (Å²) in [6.07, 6.45) is -13.7. The van der Waals surface area contributed by atoms with E-state index < -0.39 is 98.4 Å². The molecule has 2 fully saturated rings. The van der Waals surface area contributed by atoms with Crippen LogP contribution in [0.4, 0.5) is 0 Å². The summed E-state index contributed by atoms with van der Waals surface area (Å²) in [7, 11) is 0. The highest BCUT2D eigenvalue weighted by molar-refractivity contribution is 5.73. The SMILES string of the molecule is CC(=O)N[C@H]1[C@H](O[C@H]2[C@H](O)[C@@H](NC(C)=O)C(O)O[C@@H]2CO)O[C@H](CO)[C@@H](O)[C@@H]1O[C@H](C)C(=O)[O-]. The largest absolute Gasteiger partial charge is 0.547 e. The van der Waals surface area contributed by atoms with Gasteiger partial charge in [-0.2, -0.15) is 0 Å². The van der Waals surface area contributed by atoms with Crippen molar-refractivity contribution in [3.63, 3.8) is 0 Å². The minimum atomic E-state index is -1.69. The monoisotopic (exact) mass is 495 g/mol. The van der Waals surface area contributed by atoms with Crippen LogP contribution < -0.4 is 15.7 Å². The van der Waals surface area contributed by atoms with E-state index >= 15 is 0 Å². The lowest BCUT2D eigenvalue weighted by molar-refractivity contribution is -0.340. The first-order chi connectivity index (χ1) is 15.9. The average molecular weight is 495 g/mol. The Morgan fingerprint density at radius 2 is 1.47 bits per heavy atom. The highest BCUT2D eigenvalue weighted by Gasteiger charge is 2.52. The van der Waals surface area contributed by atoms with E-state index in [0.717, 1.165) is 20.8 Å². The lowest BCUT2D eigenvalue weighted by Crippen LogP contribution is -2.69. The Balaban J connectivity index is 2.38. The normalized spacial score (nSPS) is 39.2. The minimum absolute atomic E-state index is 0.605. The van der Waals surface area contributed by atoms with E-state index in [1.807, 2.05) is 0 Å². The van der Waals surface area contributed by atoms with Gasteiger partial charge in [0.25, 0.3) is 0 Å². The number of hydrogen-bond acceptors (Lipinski definition) is 13. The van der Waals surface area contributed by atoms with E-state index in [4.69, 9.17) is 18.9 Å². The number of hydrogen-bond donors (Lipinski definition) is 7. The van der Waals surface area contributed by atoms with Crippen LogP contribution in [0.5, 0.6) is 0 Å². The Kier molecular flexibility index (Phi) is 10.1. The van der Waals surface area contributed by atoms with E-state index in [2.05, 4.69) is 10.6 Å². The van der Waals surface area contributed by atoms with Gasteiger partial charge in [-0.25, -0.2) is 0 Å². The number of nitrogens with one attached hydrogen (secondary N) is 2. The first kappa shape index (κ1) is 28.3. The first-order valence-corrected chi connectivity index (χ1v) is 10.5. The number of aliphatic carboxylic acids is 1. The Labute approximate surface area is 194 Å². The van der Waals surface area contributed by atoms with Gasteiger partial charge < -0.3 is 65.0 Å². The number of carbonyl (C=O) groups is 3. The van der Waals surface area contributed by atoms with Crippen LogP contribution in [0.25, 0.3) is 0 Å². The van der Waals surface area contributed by atoms with Crippen molar-refractivity contribution in [1.29, 1.82) is 0 Å². The van der Waals surface area contributed by atoms with Crippen molar-refractivity contribution in [1.82, 2.24) is 10.6 Å². The van der Waals surface area contributed by atoms with Crippen LogP contribution in [0.15, 0.2) is 0 Å². The molecule has 2 aliphatic heterocycles. The summed E-state index contributed by atoms with van der Waals surface area (Å²) in [5, 5.41) is 66.6. The summed E-state index contributed by atoms with van der Waals surface area (Å²) in [6.45, 7) is 1.90. The van der Waals surface area contributed by atoms with Crippen LogP contribution in [0.2, 0.25) is 0 Å². The third-order valence-electron chi connectivity index (χ3n) is 5.45. The lowest BCUT2D eigenvalue weighted by Gasteiger charge is -2.48. The van der Waals surface area contributed by atoms with Gasteiger partial charge in [0.1, 0.15) is 48.7 Å². The number of carboxylic acid groups (broad SMARTS) is 1. The Hall–Kier alpha value is -1.95. The molecule has 2 saturated heterocycles. The van der Waals surface area contributed by atoms with Crippen molar-refractivity contribution in [3.8, 4) is 0 Å². The van der Waals surface area contributed by atoms with E-state index in [0.29, 0.717) is 0 Å². The maximum Gasteiger partial charge on any atom is 0.217 e. The fourth-order valence-electron chi connectivity index (χ4n) is 3.82. The molecule has 0 aromatic heterocycles. The van der Waals surface area contributed by atoms with Gasteiger partial charge in [0.05, 0.1) is 25.3 Å². The van der Waals surface area contributed by atoms with Gasteiger partial charge in [0.15, 0.2) is 12.6 Å². The Morgan fingerprint density at radius 1 is 0.912 bits per heavy atom. The molecule has 0 aromatic rings. The van der Waals surface area contributed by atoms with Gasteiger partial charge in [-0.15, -0.1) is 0 Å². The highest BCUT2D eigenvalue weighted by Crippen LogP contribution is 2.30. The topological polar surface area (TPSA) is 236 Å². The van der Waals surface area contributed by atoms with Gasteiger partial charge in [0, 0.05) is 13.8 Å². The fourth-order valence-corrected chi connectivity index (χ4v) is 3.82. The quantitative estimate of drug-likeness (QED) is 0.158. The molecule has 7 N–H and O–H groups in total. The van der Waals surface area contributed by atoms with Crippen LogP contribution in [0.3, 0.4) is 0 Å². The van der Waals surface area contributed by atoms with Gasteiger partial charge >= 0.3 is 0 Å². The zero-order valence-corrected chi connectivity index (χ0v) is 18.8. The highest BCUT2D eigenvalue weighted by atomic mass is 16.7. The van der Waals surface area contributed by atoms with Crippen molar-refractivity contribution in [2.75, 3.05) is 13.2 Å². The molecule has 2 rings (SSSR count). The Bertz CT molecular complexity index is 724. The third-order valence-corrected chi connectivity index (χ3v) is 5.45. The summed E-state index contributed by atoms with van der Waals surface area (Å²) in [6, 6.07) is -2.73. The second-order valence-corrected chi connectivity index (χ2v) is 8.07. The number of carbonyl (C=O) groups excluding carboxylic acids is 3. The second-order valence-electron chi connectivity index (χ2n) is 8.07. The summed E-state index contributed by atoms with van der Waals surface area (Å²) in [5.41, 5.74) is 0. The molecule has 0 radical (unpaired) electrons. The molecule has 1 unspecified atom stereocenters. The minimum Gasteiger partial charge on any atom is -0.547 e. The number of ether oxygens (including phenoxy) is 4. The predicted octanol–water partition coefficient (Wildman–Crippen LogP) is -5.95. The Morgan fingerprint density at radius 3 is 1.97 bits per heavy atom. The molecule has 0 spiro atoms. The maximum absolute atomic E-state index is 11.8. The smallest absolute Gasteiger partial charge is 0.217 e. The van der Waals surface area contributed by atoms with Crippen LogP contribution in [0.1, 0.15) is 20.8 Å². The number of carboxylic acids is 1. The van der Waals surface area contributed by atoms with Crippen LogP contribution >= 0.6 is 0 Å². The van der Waals surface area contributed by atoms with Crippen LogP contribution in [-0.2, 0) is 33.3 Å². The van der Waals surface area contributed by atoms with Gasteiger partial charge in [-0.3, -0.25) is 9.59 Å². The number of aliphatic hydroxyl groups is 5. The van der Waals surface area contributed by atoms with Gasteiger partial charge in [-0.05, 0) is 6.92 Å². The molecule has 34 heavy (non-hydrogen) atoms. The fraction of sp³-hybridized carbons (Fsp3) is 0.842. The van der Waals surface area contributed by atoms with Gasteiger partial charge in [0.2, 0.25) is 11.8 Å². The number of aliphatic hydroxyl groups excluding tert-OH is 5. The molecule has 11 atom stereocenters. The third kappa shape index (κ3) is 6.59. The van der Waals surface area contributed by atoms with Crippen molar-refractivity contribution in [2.45, 2.75) is 88.2 Å². The molecule has 15 nitrogen and oxygen atoms in total. The van der Waals surface area contributed by atoms with Crippen molar-refractivity contribution in [2.24, 2.45) is 0 Å². The number of rotatable bonds is 9. The molecule has 0 aromatic carbocycles. The molecule has 0 saturated carbocycles. The predicted molar refractivity (Wildman–Crippen MR) is 105 cm³/mol. The molecule has 2 amide bonds. The molecule has 2 aliphatic rings. The second kappa shape index (κ2) is 12.1. The molecule has 2 heterocycles. The zero-order chi connectivity index (χ0) is 25.7. The van der Waals surface area contributed by atoms with E-state index in [-0.39, 0.29) is 0 Å². The summed E-state index contributed by atoms with van der Waals surface area (Å²) in [5.74, 6) is -2.86. The van der Waals surface area contributed by atoms with Crippen molar-refractivity contribution < 1.29 is 64.0 Å². The van der Waals surface area contributed by atoms with Gasteiger partial charge in [-0.1, -0.05) is 0 Å². The molecular formula is C19H31N2O13-. The molecule has 15 heteroatoms. The van der Waals surface area contributed by atoms with Crippen LogP contribution in [-0.4, -0.2) is 124 Å². The summed E-state index contributed by atoms with van der Waals surface area (Å²) < 4.78 is 21.9. The van der Waals surface area contributed by atoms with E-state index in [9.17, 15) is 45.0 Å². The molecule has 0 aliphatic carbocycles. The summed E-state index contributed by atoms with van der Waals surface area (Å²) >= 11 is 0. The summed E-state index contributed by atoms with van der Waals surface area (Å²) in [4.78, 5) is 34.5. The average Bonchev–Trinajstić information content (AvgIpc) is 2.75. The van der Waals surface area contributed by atoms with E-state index in [1.54, 1.807) is 0 Å². The number of amides is 2. The maximum atomic E-state index is 11.8. The first-order valence-electron chi connectivity index (χ1n) is 10.5. The van der Waals surface area contributed by atoms with Crippen molar-refractivity contribution >= 4 is 17.8 Å².